The van der Waals surface area contributed by atoms with Crippen LogP contribution in [0, 0.1) is 0 Å². The van der Waals surface area contributed by atoms with Crippen molar-refractivity contribution in [3.8, 4) is 11.5 Å². The Bertz CT molecular complexity index is 618. The quantitative estimate of drug-likeness (QED) is 0.603. The van der Waals surface area contributed by atoms with Crippen molar-refractivity contribution in [2.24, 2.45) is 0 Å². The van der Waals surface area contributed by atoms with Gasteiger partial charge in [-0.3, -0.25) is 5.32 Å². The van der Waals surface area contributed by atoms with Gasteiger partial charge in [0, 0.05) is 12.5 Å². The number of hydrogen-bond donors (Lipinski definition) is 4. The van der Waals surface area contributed by atoms with Gasteiger partial charge in [0.25, 0.3) is 0 Å². The number of hydrogen-bond acceptors (Lipinski definition) is 4. The zero-order valence-electron chi connectivity index (χ0n) is 10.7. The third-order valence-corrected chi connectivity index (χ3v) is 3.58. The highest BCUT2D eigenvalue weighted by atomic mass is 79.9. The molecule has 2 aromatic carbocycles. The van der Waals surface area contributed by atoms with Gasteiger partial charge in [0.05, 0.1) is 0 Å². The van der Waals surface area contributed by atoms with E-state index in [0.717, 1.165) is 16.7 Å². The van der Waals surface area contributed by atoms with Crippen molar-refractivity contribution >= 4 is 17.0 Å². The summed E-state index contributed by atoms with van der Waals surface area (Å²) >= 11 is 0. The maximum absolute atomic E-state index is 9.92. The highest BCUT2D eigenvalue weighted by molar-refractivity contribution is 8.93. The fraction of sp³-hybridized carbons (Fsp3) is 0.200. The van der Waals surface area contributed by atoms with Crippen molar-refractivity contribution < 1.29 is 15.3 Å². The summed E-state index contributed by atoms with van der Waals surface area (Å²) in [6.45, 7) is 0.586. The molecule has 20 heavy (non-hydrogen) atoms. The molecule has 2 aromatic rings. The Morgan fingerprint density at radius 3 is 2.35 bits per heavy atom. The number of benzene rings is 2. The van der Waals surface area contributed by atoms with Crippen LogP contribution >= 0.6 is 17.0 Å². The van der Waals surface area contributed by atoms with Gasteiger partial charge in [-0.2, -0.15) is 0 Å². The first-order chi connectivity index (χ1) is 9.16. The predicted molar refractivity (Wildman–Crippen MR) is 81.3 cm³/mol. The molecule has 3 rings (SSSR count). The molecule has 0 aliphatic carbocycles. The zero-order chi connectivity index (χ0) is 13.4. The van der Waals surface area contributed by atoms with Crippen LogP contribution in [0.3, 0.4) is 0 Å². The molecule has 106 valence electrons. The summed E-state index contributed by atoms with van der Waals surface area (Å²) in [6, 6.07) is 12.5. The minimum Gasteiger partial charge on any atom is -0.504 e. The topological polar surface area (TPSA) is 72.7 Å². The first-order valence-corrected chi connectivity index (χ1v) is 6.19. The Labute approximate surface area is 127 Å². The maximum Gasteiger partial charge on any atom is 0.157 e. The van der Waals surface area contributed by atoms with E-state index in [2.05, 4.69) is 5.32 Å². The SMILES string of the molecule is Br.Oc1ccc(C2CNC(O)c3ccccc32)cc1O. The summed E-state index contributed by atoms with van der Waals surface area (Å²) in [7, 11) is 0. The molecule has 0 amide bonds. The van der Waals surface area contributed by atoms with Gasteiger partial charge in [0.1, 0.15) is 6.23 Å². The minimum absolute atomic E-state index is 0. The second kappa shape index (κ2) is 5.83. The van der Waals surface area contributed by atoms with E-state index in [9.17, 15) is 15.3 Å². The first kappa shape index (κ1) is 14.8. The lowest BCUT2D eigenvalue weighted by molar-refractivity contribution is 0.129. The number of aromatic hydroxyl groups is 2. The van der Waals surface area contributed by atoms with Gasteiger partial charge in [-0.05, 0) is 28.8 Å². The molecule has 0 aromatic heterocycles. The lowest BCUT2D eigenvalue weighted by Crippen LogP contribution is -2.33. The van der Waals surface area contributed by atoms with Crippen LogP contribution in [0.25, 0.3) is 0 Å². The number of halogens is 1. The van der Waals surface area contributed by atoms with Crippen molar-refractivity contribution in [3.05, 3.63) is 59.2 Å². The molecule has 0 saturated heterocycles. The molecule has 0 radical (unpaired) electrons. The second-order valence-corrected chi connectivity index (χ2v) is 4.74. The summed E-state index contributed by atoms with van der Waals surface area (Å²) in [4.78, 5) is 0. The molecule has 0 saturated carbocycles. The molecule has 2 unspecified atom stereocenters. The van der Waals surface area contributed by atoms with Crippen LogP contribution < -0.4 is 5.32 Å². The normalized spacial score (nSPS) is 20.9. The Kier molecular flexibility index (Phi) is 4.32. The van der Waals surface area contributed by atoms with E-state index in [-0.39, 0.29) is 34.4 Å². The van der Waals surface area contributed by atoms with Crippen LogP contribution in [0.4, 0.5) is 0 Å². The van der Waals surface area contributed by atoms with E-state index in [1.807, 2.05) is 24.3 Å². The fourth-order valence-corrected chi connectivity index (χ4v) is 2.58. The molecule has 0 spiro atoms. The molecule has 4 nitrogen and oxygen atoms in total. The smallest absolute Gasteiger partial charge is 0.157 e. The molecule has 0 fully saturated rings. The zero-order valence-corrected chi connectivity index (χ0v) is 12.4. The van der Waals surface area contributed by atoms with E-state index in [1.54, 1.807) is 12.1 Å². The van der Waals surface area contributed by atoms with Crippen LogP contribution in [0.2, 0.25) is 0 Å². The Morgan fingerprint density at radius 1 is 0.950 bits per heavy atom. The third-order valence-electron chi connectivity index (χ3n) is 3.58. The van der Waals surface area contributed by atoms with Crippen molar-refractivity contribution in [1.29, 1.82) is 0 Å². The monoisotopic (exact) mass is 337 g/mol. The number of aliphatic hydroxyl groups excluding tert-OH is 1. The fourth-order valence-electron chi connectivity index (χ4n) is 2.58. The van der Waals surface area contributed by atoms with E-state index in [4.69, 9.17) is 0 Å². The first-order valence-electron chi connectivity index (χ1n) is 6.19. The molecule has 2 atom stereocenters. The van der Waals surface area contributed by atoms with Crippen molar-refractivity contribution in [2.75, 3.05) is 6.54 Å². The second-order valence-electron chi connectivity index (χ2n) is 4.74. The number of phenolic OH excluding ortho intramolecular Hbond substituents is 2. The van der Waals surface area contributed by atoms with Crippen molar-refractivity contribution in [3.63, 3.8) is 0 Å². The maximum atomic E-state index is 9.92. The van der Waals surface area contributed by atoms with Crippen LogP contribution in [0.15, 0.2) is 42.5 Å². The minimum atomic E-state index is -0.654. The van der Waals surface area contributed by atoms with Crippen molar-refractivity contribution in [1.82, 2.24) is 5.32 Å². The average Bonchev–Trinajstić information content (AvgIpc) is 2.43. The Hall–Kier alpha value is -1.56. The summed E-state index contributed by atoms with van der Waals surface area (Å²) in [6.07, 6.45) is -0.654. The number of fused-ring (bicyclic) bond motifs is 1. The van der Waals surface area contributed by atoms with Crippen LogP contribution in [0.5, 0.6) is 11.5 Å². The van der Waals surface area contributed by atoms with Gasteiger partial charge in [0.2, 0.25) is 0 Å². The summed E-state index contributed by atoms with van der Waals surface area (Å²) in [5.41, 5.74) is 2.80. The van der Waals surface area contributed by atoms with Crippen LogP contribution in [0.1, 0.15) is 28.8 Å². The summed E-state index contributed by atoms with van der Waals surface area (Å²) in [5, 5.41) is 31.9. The molecular formula is C15H16BrNO3. The van der Waals surface area contributed by atoms with Crippen molar-refractivity contribution in [2.45, 2.75) is 12.1 Å². The molecule has 0 bridgehead atoms. The van der Waals surface area contributed by atoms with Crippen LogP contribution in [-0.4, -0.2) is 21.9 Å². The molecule has 1 aliphatic heterocycles. The third kappa shape index (κ3) is 2.52. The van der Waals surface area contributed by atoms with Gasteiger partial charge >= 0.3 is 0 Å². The summed E-state index contributed by atoms with van der Waals surface area (Å²) in [5.74, 6) is -0.201. The van der Waals surface area contributed by atoms with Gasteiger partial charge in [-0.25, -0.2) is 0 Å². The van der Waals surface area contributed by atoms with E-state index >= 15 is 0 Å². The average molecular weight is 338 g/mol. The number of aliphatic hydroxyl groups is 1. The number of phenols is 2. The Balaban J connectivity index is 0.00000147. The summed E-state index contributed by atoms with van der Waals surface area (Å²) < 4.78 is 0. The van der Waals surface area contributed by atoms with E-state index < -0.39 is 6.23 Å². The van der Waals surface area contributed by atoms with Crippen LogP contribution in [-0.2, 0) is 0 Å². The molecule has 5 heteroatoms. The predicted octanol–water partition coefficient (Wildman–Crippen LogP) is 2.40. The number of nitrogens with one attached hydrogen (secondary N) is 1. The molecule has 4 N–H and O–H groups in total. The largest absolute Gasteiger partial charge is 0.504 e. The van der Waals surface area contributed by atoms with Gasteiger partial charge in [-0.15, -0.1) is 17.0 Å². The highest BCUT2D eigenvalue weighted by Gasteiger charge is 2.26. The Morgan fingerprint density at radius 2 is 1.65 bits per heavy atom. The molecule has 1 aliphatic rings. The van der Waals surface area contributed by atoms with E-state index in [0.29, 0.717) is 6.54 Å². The van der Waals surface area contributed by atoms with Gasteiger partial charge in [-0.1, -0.05) is 30.3 Å². The lowest BCUT2D eigenvalue weighted by Gasteiger charge is -2.30. The lowest BCUT2D eigenvalue weighted by atomic mass is 9.85. The standard InChI is InChI=1S/C15H15NO3.BrH/c17-13-6-5-9(7-14(13)18)12-8-16-15(19)11-4-2-1-3-10(11)12;/h1-7,12,15-19H,8H2;1H. The highest BCUT2D eigenvalue weighted by Crippen LogP contribution is 2.36. The van der Waals surface area contributed by atoms with E-state index in [1.165, 1.54) is 6.07 Å². The van der Waals surface area contributed by atoms with Gasteiger partial charge < -0.3 is 15.3 Å². The molecule has 1 heterocycles. The molecular weight excluding hydrogens is 322 g/mol. The van der Waals surface area contributed by atoms with Gasteiger partial charge in [0.15, 0.2) is 11.5 Å². The number of rotatable bonds is 1.